The summed E-state index contributed by atoms with van der Waals surface area (Å²) in [5.41, 5.74) is 1.09. The summed E-state index contributed by atoms with van der Waals surface area (Å²) in [6, 6.07) is 8.17. The second-order valence-electron chi connectivity index (χ2n) is 3.18. The van der Waals surface area contributed by atoms with Crippen molar-refractivity contribution < 1.29 is 4.79 Å². The fraction of sp³-hybridized carbons (Fsp3) is 0.364. The van der Waals surface area contributed by atoms with E-state index in [0.717, 1.165) is 11.8 Å². The van der Waals surface area contributed by atoms with Gasteiger partial charge in [-0.25, -0.2) is 0 Å². The number of carbonyl (C=O) groups excluding carboxylic acids is 1. The molecule has 0 amide bonds. The summed E-state index contributed by atoms with van der Waals surface area (Å²) in [7, 11) is 0. The maximum atomic E-state index is 10.2. The molecule has 0 radical (unpaired) electrons. The van der Waals surface area contributed by atoms with Crippen LogP contribution in [-0.2, 0) is 11.2 Å². The van der Waals surface area contributed by atoms with E-state index < -0.39 is 0 Å². The molecule has 0 fully saturated rings. The largest absolute Gasteiger partial charge is 0.303 e. The van der Waals surface area contributed by atoms with E-state index in [1.54, 1.807) is 0 Å². The molecule has 0 aliphatic rings. The Kier molecular flexibility index (Phi) is 4.03. The predicted molar refractivity (Wildman–Crippen MR) is 57.2 cm³/mol. The van der Waals surface area contributed by atoms with Gasteiger partial charge >= 0.3 is 0 Å². The Hall–Kier alpha value is -0.760. The molecule has 0 saturated carbocycles. The number of benzene rings is 1. The van der Waals surface area contributed by atoms with Crippen LogP contribution >= 0.6 is 11.8 Å². The molecule has 1 aromatic carbocycles. The first kappa shape index (κ1) is 10.3. The molecule has 1 aromatic rings. The summed E-state index contributed by atoms with van der Waals surface area (Å²) in [6.45, 7) is 4.34. The third-order valence-corrected chi connectivity index (χ3v) is 2.63. The Labute approximate surface area is 83.5 Å². The number of thioether (sulfide) groups is 1. The van der Waals surface area contributed by atoms with Gasteiger partial charge in [0.25, 0.3) is 0 Å². The maximum absolute atomic E-state index is 10.2. The summed E-state index contributed by atoms with van der Waals surface area (Å²) in [5, 5.41) is 0.608. The van der Waals surface area contributed by atoms with Crippen molar-refractivity contribution in [1.82, 2.24) is 0 Å². The Morgan fingerprint density at radius 2 is 1.92 bits per heavy atom. The minimum atomic E-state index is 0.520. The van der Waals surface area contributed by atoms with Crippen LogP contribution in [0, 0.1) is 0 Å². The van der Waals surface area contributed by atoms with E-state index in [-0.39, 0.29) is 0 Å². The van der Waals surface area contributed by atoms with Gasteiger partial charge in [0.1, 0.15) is 6.29 Å². The molecule has 0 spiro atoms. The Morgan fingerprint density at radius 3 is 2.38 bits per heavy atom. The lowest BCUT2D eigenvalue weighted by Crippen LogP contribution is -1.88. The van der Waals surface area contributed by atoms with Crippen LogP contribution in [0.1, 0.15) is 19.4 Å². The molecule has 1 nitrogen and oxygen atoms in total. The maximum Gasteiger partial charge on any atom is 0.124 e. The Bertz CT molecular complexity index is 264. The molecule has 0 atom stereocenters. The van der Waals surface area contributed by atoms with Crippen molar-refractivity contribution in [3.8, 4) is 0 Å². The van der Waals surface area contributed by atoms with Crippen molar-refractivity contribution >= 4 is 18.0 Å². The number of hydrogen-bond donors (Lipinski definition) is 0. The minimum Gasteiger partial charge on any atom is -0.303 e. The van der Waals surface area contributed by atoms with Crippen molar-refractivity contribution in [3.63, 3.8) is 0 Å². The van der Waals surface area contributed by atoms with E-state index in [4.69, 9.17) is 0 Å². The topological polar surface area (TPSA) is 17.1 Å². The van der Waals surface area contributed by atoms with Crippen LogP contribution in [0.2, 0.25) is 0 Å². The summed E-state index contributed by atoms with van der Waals surface area (Å²) < 4.78 is 0. The molecule has 0 saturated heterocycles. The van der Waals surface area contributed by atoms with E-state index in [9.17, 15) is 4.79 Å². The van der Waals surface area contributed by atoms with Gasteiger partial charge in [-0.15, -0.1) is 11.8 Å². The Morgan fingerprint density at radius 1 is 1.31 bits per heavy atom. The van der Waals surface area contributed by atoms with Crippen LogP contribution in [-0.4, -0.2) is 11.5 Å². The van der Waals surface area contributed by atoms with Crippen molar-refractivity contribution in [3.05, 3.63) is 29.8 Å². The van der Waals surface area contributed by atoms with Crippen molar-refractivity contribution in [2.75, 3.05) is 0 Å². The lowest BCUT2D eigenvalue weighted by molar-refractivity contribution is -0.107. The average molecular weight is 194 g/mol. The quantitative estimate of drug-likeness (QED) is 0.541. The first-order valence-corrected chi connectivity index (χ1v) is 5.29. The lowest BCUT2D eigenvalue weighted by atomic mass is 10.2. The summed E-state index contributed by atoms with van der Waals surface area (Å²) in [6.07, 6.45) is 1.46. The van der Waals surface area contributed by atoms with Crippen molar-refractivity contribution in [2.24, 2.45) is 0 Å². The summed E-state index contributed by atoms with van der Waals surface area (Å²) in [5.74, 6) is 0. The van der Waals surface area contributed by atoms with E-state index in [1.165, 1.54) is 4.90 Å². The molecule has 0 aromatic heterocycles. The smallest absolute Gasteiger partial charge is 0.124 e. The standard InChI is InChI=1S/C11H14OS/c1-9(2)13-11-5-3-10(4-6-11)7-8-12/h3-6,8-9H,7H2,1-2H3. The first-order chi connectivity index (χ1) is 6.22. The van der Waals surface area contributed by atoms with Crippen molar-refractivity contribution in [2.45, 2.75) is 30.4 Å². The third kappa shape index (κ3) is 3.64. The summed E-state index contributed by atoms with van der Waals surface area (Å²) in [4.78, 5) is 11.5. The van der Waals surface area contributed by atoms with E-state index >= 15 is 0 Å². The molecule has 0 heterocycles. The lowest BCUT2D eigenvalue weighted by Gasteiger charge is -2.04. The normalized spacial score (nSPS) is 10.4. The van der Waals surface area contributed by atoms with E-state index in [2.05, 4.69) is 26.0 Å². The predicted octanol–water partition coefficient (Wildman–Crippen LogP) is 2.93. The zero-order valence-electron chi connectivity index (χ0n) is 7.99. The van der Waals surface area contributed by atoms with Crippen LogP contribution in [0.4, 0.5) is 0 Å². The van der Waals surface area contributed by atoms with E-state index in [0.29, 0.717) is 11.7 Å². The molecule has 0 aliphatic heterocycles. The van der Waals surface area contributed by atoms with Gasteiger partial charge in [-0.2, -0.15) is 0 Å². The minimum absolute atomic E-state index is 0.520. The highest BCUT2D eigenvalue weighted by molar-refractivity contribution is 7.99. The number of hydrogen-bond acceptors (Lipinski definition) is 2. The van der Waals surface area contributed by atoms with Gasteiger partial charge in [-0.1, -0.05) is 26.0 Å². The van der Waals surface area contributed by atoms with Gasteiger partial charge in [-0.3, -0.25) is 0 Å². The summed E-state index contributed by atoms with van der Waals surface area (Å²) >= 11 is 1.84. The van der Waals surface area contributed by atoms with Crippen LogP contribution in [0.5, 0.6) is 0 Å². The molecule has 0 unspecified atom stereocenters. The molecule has 70 valence electrons. The number of carbonyl (C=O) groups is 1. The van der Waals surface area contributed by atoms with Crippen LogP contribution in [0.15, 0.2) is 29.2 Å². The molecule has 0 N–H and O–H groups in total. The number of aldehydes is 1. The molecule has 0 aliphatic carbocycles. The first-order valence-electron chi connectivity index (χ1n) is 4.41. The van der Waals surface area contributed by atoms with Gasteiger partial charge in [0.2, 0.25) is 0 Å². The van der Waals surface area contributed by atoms with E-state index in [1.807, 2.05) is 23.9 Å². The second-order valence-corrected chi connectivity index (χ2v) is 4.83. The molecule has 1 rings (SSSR count). The van der Waals surface area contributed by atoms with Gasteiger partial charge in [0.15, 0.2) is 0 Å². The third-order valence-electron chi connectivity index (χ3n) is 1.61. The molecular formula is C11H14OS. The molecule has 2 heteroatoms. The van der Waals surface area contributed by atoms with Gasteiger partial charge in [0, 0.05) is 16.6 Å². The highest BCUT2D eigenvalue weighted by Gasteiger charge is 1.97. The molecule has 0 bridgehead atoms. The fourth-order valence-corrected chi connectivity index (χ4v) is 1.91. The highest BCUT2D eigenvalue weighted by atomic mass is 32.2. The molecule has 13 heavy (non-hydrogen) atoms. The van der Waals surface area contributed by atoms with Crippen molar-refractivity contribution in [1.29, 1.82) is 0 Å². The Balaban J connectivity index is 2.63. The van der Waals surface area contributed by atoms with Crippen LogP contribution < -0.4 is 0 Å². The fourth-order valence-electron chi connectivity index (χ4n) is 1.07. The van der Waals surface area contributed by atoms with Gasteiger partial charge < -0.3 is 4.79 Å². The van der Waals surface area contributed by atoms with Crippen LogP contribution in [0.25, 0.3) is 0 Å². The average Bonchev–Trinajstić information content (AvgIpc) is 2.08. The highest BCUT2D eigenvalue weighted by Crippen LogP contribution is 2.22. The monoisotopic (exact) mass is 194 g/mol. The SMILES string of the molecule is CC(C)Sc1ccc(CC=O)cc1. The van der Waals surface area contributed by atoms with Gasteiger partial charge in [-0.05, 0) is 17.7 Å². The molecular weight excluding hydrogens is 180 g/mol. The zero-order valence-corrected chi connectivity index (χ0v) is 8.80. The number of rotatable bonds is 4. The van der Waals surface area contributed by atoms with Crippen LogP contribution in [0.3, 0.4) is 0 Å². The second kappa shape index (κ2) is 5.07. The zero-order chi connectivity index (χ0) is 9.68. The van der Waals surface area contributed by atoms with Gasteiger partial charge in [0.05, 0.1) is 0 Å².